The van der Waals surface area contributed by atoms with Crippen molar-refractivity contribution in [3.63, 3.8) is 0 Å². The summed E-state index contributed by atoms with van der Waals surface area (Å²) in [4.78, 5) is 13.0. The van der Waals surface area contributed by atoms with Crippen LogP contribution in [0.4, 0.5) is 4.79 Å². The molecule has 0 saturated heterocycles. The van der Waals surface area contributed by atoms with Crippen molar-refractivity contribution in [3.8, 4) is 17.1 Å². The maximum atomic E-state index is 11.6. The van der Waals surface area contributed by atoms with Crippen LogP contribution >= 0.6 is 0 Å². The van der Waals surface area contributed by atoms with Gasteiger partial charge in [0, 0.05) is 24.6 Å². The molecule has 6 heteroatoms. The molecule has 2 N–H and O–H groups in total. The fourth-order valence-electron chi connectivity index (χ4n) is 3.63. The largest absolute Gasteiger partial charge is 0.508 e. The third-order valence-electron chi connectivity index (χ3n) is 5.15. The van der Waals surface area contributed by atoms with Crippen molar-refractivity contribution in [1.82, 2.24) is 10.1 Å². The van der Waals surface area contributed by atoms with Crippen LogP contribution in [0.3, 0.4) is 0 Å². The molecule has 1 amide bonds. The van der Waals surface area contributed by atoms with Crippen molar-refractivity contribution in [2.45, 2.75) is 44.6 Å². The molecule has 0 unspecified atom stereocenters. The van der Waals surface area contributed by atoms with Crippen LogP contribution in [0.15, 0.2) is 28.8 Å². The fourth-order valence-corrected chi connectivity index (χ4v) is 3.63. The van der Waals surface area contributed by atoms with E-state index in [1.165, 1.54) is 4.90 Å². The number of carbonyl (C=O) groups is 1. The zero-order chi connectivity index (χ0) is 17.3. The number of phenols is 1. The second-order valence-corrected chi connectivity index (χ2v) is 6.57. The smallest absolute Gasteiger partial charge is 0.407 e. The van der Waals surface area contributed by atoms with E-state index < -0.39 is 11.6 Å². The summed E-state index contributed by atoms with van der Waals surface area (Å²) in [6, 6.07) is 6.76. The van der Waals surface area contributed by atoms with Gasteiger partial charge in [0.15, 0.2) is 5.76 Å². The van der Waals surface area contributed by atoms with Crippen molar-refractivity contribution in [2.75, 3.05) is 7.05 Å². The molecule has 1 aromatic carbocycles. The monoisotopic (exact) mass is 330 g/mol. The maximum absolute atomic E-state index is 11.6. The average molecular weight is 330 g/mol. The number of amides is 1. The number of phenolic OH excluding ortho intramolecular Hbond substituents is 1. The summed E-state index contributed by atoms with van der Waals surface area (Å²) >= 11 is 0. The van der Waals surface area contributed by atoms with E-state index in [4.69, 9.17) is 4.52 Å². The number of nitrogens with zero attached hydrogens (tertiary/aromatic N) is 2. The number of aryl methyl sites for hydroxylation is 1. The third-order valence-corrected chi connectivity index (χ3v) is 5.15. The molecule has 24 heavy (non-hydrogen) atoms. The van der Waals surface area contributed by atoms with Gasteiger partial charge in [-0.25, -0.2) is 4.79 Å². The van der Waals surface area contributed by atoms with Crippen LogP contribution in [0.5, 0.6) is 5.75 Å². The summed E-state index contributed by atoms with van der Waals surface area (Å²) < 4.78 is 5.52. The van der Waals surface area contributed by atoms with Gasteiger partial charge in [0.1, 0.15) is 5.75 Å². The molecule has 1 aliphatic carbocycles. The van der Waals surface area contributed by atoms with Gasteiger partial charge in [-0.1, -0.05) is 18.0 Å². The summed E-state index contributed by atoms with van der Waals surface area (Å²) in [5.41, 5.74) is 2.14. The second kappa shape index (κ2) is 6.19. The number of hydrogen-bond acceptors (Lipinski definition) is 4. The lowest BCUT2D eigenvalue weighted by Gasteiger charge is -2.37. The molecule has 0 radical (unpaired) electrons. The quantitative estimate of drug-likeness (QED) is 0.890. The highest BCUT2D eigenvalue weighted by Crippen LogP contribution is 2.40. The van der Waals surface area contributed by atoms with Crippen LogP contribution < -0.4 is 0 Å². The summed E-state index contributed by atoms with van der Waals surface area (Å²) in [6.07, 6.45) is 3.41. The van der Waals surface area contributed by atoms with Crippen molar-refractivity contribution < 1.29 is 19.5 Å². The molecule has 1 aliphatic rings. The van der Waals surface area contributed by atoms with Gasteiger partial charge < -0.3 is 19.6 Å². The van der Waals surface area contributed by atoms with Crippen LogP contribution in [0.2, 0.25) is 0 Å². The number of carboxylic acid groups (broad SMARTS) is 1. The van der Waals surface area contributed by atoms with Gasteiger partial charge in [-0.05, 0) is 44.0 Å². The van der Waals surface area contributed by atoms with Crippen molar-refractivity contribution in [2.24, 2.45) is 0 Å². The van der Waals surface area contributed by atoms with E-state index in [9.17, 15) is 15.0 Å². The first-order chi connectivity index (χ1) is 11.4. The molecular weight excluding hydrogens is 308 g/mol. The predicted molar refractivity (Wildman–Crippen MR) is 89.0 cm³/mol. The maximum Gasteiger partial charge on any atom is 0.407 e. The molecule has 1 fully saturated rings. The zero-order valence-corrected chi connectivity index (χ0v) is 14.0. The topological polar surface area (TPSA) is 86.8 Å². The first-order valence-corrected chi connectivity index (χ1v) is 8.14. The second-order valence-electron chi connectivity index (χ2n) is 6.57. The Labute approximate surface area is 140 Å². The minimum atomic E-state index is -0.905. The lowest BCUT2D eigenvalue weighted by Crippen LogP contribution is -2.48. The molecule has 0 aliphatic heterocycles. The van der Waals surface area contributed by atoms with Gasteiger partial charge in [0.25, 0.3) is 0 Å². The van der Waals surface area contributed by atoms with Crippen LogP contribution in [-0.4, -0.2) is 38.9 Å². The van der Waals surface area contributed by atoms with Gasteiger partial charge in [-0.15, -0.1) is 0 Å². The summed E-state index contributed by atoms with van der Waals surface area (Å²) in [5, 5.41) is 23.0. The average Bonchev–Trinajstić information content (AvgIpc) is 3.17. The van der Waals surface area contributed by atoms with Gasteiger partial charge >= 0.3 is 6.09 Å². The molecule has 0 atom stereocenters. The van der Waals surface area contributed by atoms with Crippen molar-refractivity contribution in [1.29, 1.82) is 0 Å². The Kier molecular flexibility index (Phi) is 4.22. The van der Waals surface area contributed by atoms with Gasteiger partial charge in [-0.2, -0.15) is 0 Å². The Balaban J connectivity index is 1.99. The molecule has 0 spiro atoms. The van der Waals surface area contributed by atoms with E-state index >= 15 is 0 Å². The van der Waals surface area contributed by atoms with E-state index in [2.05, 4.69) is 5.16 Å². The van der Waals surface area contributed by atoms with Crippen molar-refractivity contribution in [3.05, 3.63) is 35.5 Å². The molecule has 1 saturated carbocycles. The summed E-state index contributed by atoms with van der Waals surface area (Å²) in [6.45, 7) is 1.88. The van der Waals surface area contributed by atoms with Gasteiger partial charge in [-0.3, -0.25) is 0 Å². The zero-order valence-electron chi connectivity index (χ0n) is 14.0. The fraction of sp³-hybridized carbons (Fsp3) is 0.444. The Morgan fingerprint density at radius 3 is 2.50 bits per heavy atom. The minimum absolute atomic E-state index is 0.189. The molecule has 2 aromatic rings. The highest BCUT2D eigenvalue weighted by molar-refractivity contribution is 5.67. The SMILES string of the molecule is Cc1noc(-c2ccc(O)cc2)c1CC1(N(C)C(=O)O)CCCC1. The Morgan fingerprint density at radius 1 is 1.29 bits per heavy atom. The third kappa shape index (κ3) is 2.84. The van der Waals surface area contributed by atoms with E-state index in [0.29, 0.717) is 12.2 Å². The van der Waals surface area contributed by atoms with Gasteiger partial charge in [0.2, 0.25) is 0 Å². The summed E-state index contributed by atoms with van der Waals surface area (Å²) in [5.74, 6) is 0.840. The molecule has 1 heterocycles. The molecule has 0 bridgehead atoms. The Morgan fingerprint density at radius 2 is 1.92 bits per heavy atom. The van der Waals surface area contributed by atoms with Crippen LogP contribution in [0.1, 0.15) is 36.9 Å². The summed E-state index contributed by atoms with van der Waals surface area (Å²) in [7, 11) is 1.65. The minimum Gasteiger partial charge on any atom is -0.508 e. The first kappa shape index (κ1) is 16.4. The van der Waals surface area contributed by atoms with E-state index in [-0.39, 0.29) is 5.75 Å². The molecular formula is C18H22N2O4. The standard InChI is InChI=1S/C18H22N2O4/c1-12-15(11-18(9-3-4-10-18)20(2)17(22)23)16(24-19-12)13-5-7-14(21)8-6-13/h5-8,21H,3-4,9-11H2,1-2H3,(H,22,23). The highest BCUT2D eigenvalue weighted by Gasteiger charge is 2.41. The first-order valence-electron chi connectivity index (χ1n) is 8.14. The van der Waals surface area contributed by atoms with Crippen LogP contribution in [0, 0.1) is 6.92 Å². The van der Waals surface area contributed by atoms with Gasteiger partial charge in [0.05, 0.1) is 11.2 Å². The molecule has 1 aromatic heterocycles. The van der Waals surface area contributed by atoms with Crippen LogP contribution in [-0.2, 0) is 6.42 Å². The van der Waals surface area contributed by atoms with Crippen LogP contribution in [0.25, 0.3) is 11.3 Å². The Hall–Kier alpha value is -2.50. The van der Waals surface area contributed by atoms with E-state index in [0.717, 1.165) is 42.5 Å². The number of likely N-dealkylation sites (N-methyl/N-ethyl adjacent to an activating group) is 1. The Bertz CT molecular complexity index is 730. The lowest BCUT2D eigenvalue weighted by molar-refractivity contribution is 0.0952. The number of benzene rings is 1. The molecule has 6 nitrogen and oxygen atoms in total. The normalized spacial score (nSPS) is 16.2. The lowest BCUT2D eigenvalue weighted by atomic mass is 9.86. The van der Waals surface area contributed by atoms with E-state index in [1.807, 2.05) is 6.92 Å². The predicted octanol–water partition coefficient (Wildman–Crippen LogP) is 3.82. The molecule has 128 valence electrons. The number of aromatic hydroxyl groups is 1. The van der Waals surface area contributed by atoms with E-state index in [1.54, 1.807) is 31.3 Å². The number of hydrogen-bond donors (Lipinski definition) is 2. The number of rotatable bonds is 4. The van der Waals surface area contributed by atoms with Crippen molar-refractivity contribution >= 4 is 6.09 Å². The number of aromatic nitrogens is 1. The molecule has 3 rings (SSSR count). The highest BCUT2D eigenvalue weighted by atomic mass is 16.5.